The fraction of sp³-hybridized carbons (Fsp3) is 0.176. The first-order chi connectivity index (χ1) is 11.2. The lowest BCUT2D eigenvalue weighted by molar-refractivity contribution is 0.251. The summed E-state index contributed by atoms with van der Waals surface area (Å²) in [4.78, 5) is 17.2. The highest BCUT2D eigenvalue weighted by Crippen LogP contribution is 2.30. The molecule has 0 unspecified atom stereocenters. The molecule has 0 fully saturated rings. The number of urea groups is 1. The minimum atomic E-state index is -0.204. The zero-order valence-corrected chi connectivity index (χ0v) is 13.6. The maximum Gasteiger partial charge on any atom is 0.319 e. The van der Waals surface area contributed by atoms with E-state index in [1.54, 1.807) is 23.9 Å². The van der Waals surface area contributed by atoms with E-state index < -0.39 is 0 Å². The predicted octanol–water partition coefficient (Wildman–Crippen LogP) is 3.74. The zero-order valence-electron chi connectivity index (χ0n) is 12.8. The molecule has 2 aromatic heterocycles. The lowest BCUT2D eigenvalue weighted by atomic mass is 10.1. The van der Waals surface area contributed by atoms with Gasteiger partial charge in [0.05, 0.1) is 6.33 Å². The van der Waals surface area contributed by atoms with Crippen molar-refractivity contribution in [3.8, 4) is 10.4 Å². The van der Waals surface area contributed by atoms with Crippen molar-refractivity contribution < 1.29 is 4.79 Å². The van der Waals surface area contributed by atoms with Gasteiger partial charge in [0.2, 0.25) is 0 Å². The van der Waals surface area contributed by atoms with E-state index in [1.807, 2.05) is 29.0 Å². The molecule has 0 atom stereocenters. The van der Waals surface area contributed by atoms with Crippen LogP contribution in [0.4, 0.5) is 10.5 Å². The van der Waals surface area contributed by atoms with Crippen LogP contribution in [-0.2, 0) is 6.54 Å². The number of rotatable bonds is 5. The topological polar surface area (TPSA) is 59.0 Å². The number of amides is 2. The van der Waals surface area contributed by atoms with Crippen LogP contribution in [0.2, 0.25) is 0 Å². The molecule has 0 radical (unpaired) electrons. The number of nitrogens with one attached hydrogen (secondary N) is 2. The Morgan fingerprint density at radius 1 is 1.35 bits per heavy atom. The van der Waals surface area contributed by atoms with Gasteiger partial charge in [0.15, 0.2) is 0 Å². The van der Waals surface area contributed by atoms with Crippen molar-refractivity contribution in [3.05, 3.63) is 60.0 Å². The Morgan fingerprint density at radius 3 is 3.00 bits per heavy atom. The molecule has 2 heterocycles. The summed E-state index contributed by atoms with van der Waals surface area (Å²) in [6.07, 6.45) is 5.32. The first-order valence-electron chi connectivity index (χ1n) is 7.37. The molecule has 3 rings (SSSR count). The second kappa shape index (κ2) is 7.11. The summed E-state index contributed by atoms with van der Waals surface area (Å²) in [6, 6.07) is 9.79. The molecule has 6 heteroatoms. The molecule has 0 aliphatic heterocycles. The van der Waals surface area contributed by atoms with Crippen molar-refractivity contribution in [1.29, 1.82) is 0 Å². The summed E-state index contributed by atoms with van der Waals surface area (Å²) in [5.74, 6) is 0. The average molecular weight is 326 g/mol. The highest BCUT2D eigenvalue weighted by atomic mass is 32.1. The van der Waals surface area contributed by atoms with Crippen molar-refractivity contribution in [2.24, 2.45) is 0 Å². The zero-order chi connectivity index (χ0) is 16.1. The van der Waals surface area contributed by atoms with E-state index in [1.165, 1.54) is 10.4 Å². The van der Waals surface area contributed by atoms with Gasteiger partial charge in [-0.2, -0.15) is 0 Å². The Hall–Kier alpha value is -2.60. The Bertz CT molecular complexity index is 780. The van der Waals surface area contributed by atoms with Gasteiger partial charge < -0.3 is 15.2 Å². The first-order valence-corrected chi connectivity index (χ1v) is 8.25. The molecule has 0 saturated carbocycles. The molecule has 2 amide bonds. The number of thiophene rings is 1. The standard InChI is InChI=1S/C17H18N4OS/c1-13-5-10-23-16(13)14-3-2-4-15(11-14)20-17(22)19-7-9-21-8-6-18-12-21/h2-6,8,10-12H,7,9H2,1H3,(H2,19,20,22). The van der Waals surface area contributed by atoms with E-state index in [4.69, 9.17) is 0 Å². The molecular weight excluding hydrogens is 308 g/mol. The third-order valence-corrected chi connectivity index (χ3v) is 4.53. The normalized spacial score (nSPS) is 10.5. The van der Waals surface area contributed by atoms with Crippen LogP contribution in [-0.4, -0.2) is 22.1 Å². The second-order valence-corrected chi connectivity index (χ2v) is 6.11. The van der Waals surface area contributed by atoms with Crippen LogP contribution >= 0.6 is 11.3 Å². The Balaban J connectivity index is 1.57. The average Bonchev–Trinajstić information content (AvgIpc) is 3.19. The number of carbonyl (C=O) groups is 1. The van der Waals surface area contributed by atoms with Gasteiger partial charge in [-0.25, -0.2) is 9.78 Å². The first kappa shape index (κ1) is 15.3. The third kappa shape index (κ3) is 3.98. The van der Waals surface area contributed by atoms with E-state index in [2.05, 4.69) is 40.1 Å². The summed E-state index contributed by atoms with van der Waals surface area (Å²) < 4.78 is 1.92. The third-order valence-electron chi connectivity index (χ3n) is 3.46. The van der Waals surface area contributed by atoms with E-state index in [0.717, 1.165) is 11.3 Å². The number of carbonyl (C=O) groups excluding carboxylic acids is 1. The number of nitrogens with zero attached hydrogens (tertiary/aromatic N) is 2. The van der Waals surface area contributed by atoms with Crippen LogP contribution in [0.3, 0.4) is 0 Å². The lowest BCUT2D eigenvalue weighted by Crippen LogP contribution is -2.31. The van der Waals surface area contributed by atoms with Crippen LogP contribution in [0, 0.1) is 6.92 Å². The number of hydrogen-bond acceptors (Lipinski definition) is 3. The molecule has 2 N–H and O–H groups in total. The number of anilines is 1. The van der Waals surface area contributed by atoms with Gasteiger partial charge >= 0.3 is 6.03 Å². The molecule has 3 aromatic rings. The van der Waals surface area contributed by atoms with Crippen molar-refractivity contribution in [2.75, 3.05) is 11.9 Å². The second-order valence-electron chi connectivity index (χ2n) is 5.19. The van der Waals surface area contributed by atoms with Gasteiger partial charge in [0.25, 0.3) is 0 Å². The van der Waals surface area contributed by atoms with Crippen molar-refractivity contribution in [1.82, 2.24) is 14.9 Å². The summed E-state index contributed by atoms with van der Waals surface area (Å²) >= 11 is 1.71. The molecule has 0 spiro atoms. The fourth-order valence-electron chi connectivity index (χ4n) is 2.30. The highest BCUT2D eigenvalue weighted by molar-refractivity contribution is 7.13. The summed E-state index contributed by atoms with van der Waals surface area (Å²) in [5, 5.41) is 7.79. The van der Waals surface area contributed by atoms with Gasteiger partial charge in [-0.1, -0.05) is 12.1 Å². The van der Waals surface area contributed by atoms with Crippen LogP contribution < -0.4 is 10.6 Å². The summed E-state index contributed by atoms with van der Waals surface area (Å²) in [7, 11) is 0. The maximum absolute atomic E-state index is 12.0. The van der Waals surface area contributed by atoms with Gasteiger partial charge in [-0.05, 0) is 41.6 Å². The van der Waals surface area contributed by atoms with Crippen molar-refractivity contribution in [2.45, 2.75) is 13.5 Å². The minimum Gasteiger partial charge on any atom is -0.336 e. The number of imidazole rings is 1. The van der Waals surface area contributed by atoms with Gasteiger partial charge in [0.1, 0.15) is 0 Å². The quantitative estimate of drug-likeness (QED) is 0.750. The molecule has 0 aliphatic rings. The number of hydrogen-bond donors (Lipinski definition) is 2. The highest BCUT2D eigenvalue weighted by Gasteiger charge is 2.06. The molecule has 118 valence electrons. The number of aryl methyl sites for hydroxylation is 1. The molecule has 0 saturated heterocycles. The molecule has 23 heavy (non-hydrogen) atoms. The number of aromatic nitrogens is 2. The molecule has 1 aromatic carbocycles. The fourth-order valence-corrected chi connectivity index (χ4v) is 3.22. The molecular formula is C17H18N4OS. The van der Waals surface area contributed by atoms with E-state index in [0.29, 0.717) is 13.1 Å². The van der Waals surface area contributed by atoms with Gasteiger partial charge in [-0.3, -0.25) is 0 Å². The summed E-state index contributed by atoms with van der Waals surface area (Å²) in [5.41, 5.74) is 3.15. The van der Waals surface area contributed by atoms with Gasteiger partial charge in [-0.15, -0.1) is 11.3 Å². The van der Waals surface area contributed by atoms with Crippen molar-refractivity contribution >= 4 is 23.1 Å². The largest absolute Gasteiger partial charge is 0.336 e. The molecule has 0 aliphatic carbocycles. The Labute approximate surface area is 139 Å². The smallest absolute Gasteiger partial charge is 0.319 e. The number of benzene rings is 1. The van der Waals surface area contributed by atoms with Crippen molar-refractivity contribution in [3.63, 3.8) is 0 Å². The minimum absolute atomic E-state index is 0.204. The monoisotopic (exact) mass is 326 g/mol. The Morgan fingerprint density at radius 2 is 2.26 bits per heavy atom. The molecule has 5 nitrogen and oxygen atoms in total. The van der Waals surface area contributed by atoms with Crippen LogP contribution in [0.15, 0.2) is 54.4 Å². The lowest BCUT2D eigenvalue weighted by Gasteiger charge is -2.09. The van der Waals surface area contributed by atoms with Crippen LogP contribution in [0.5, 0.6) is 0 Å². The van der Waals surface area contributed by atoms with E-state index in [-0.39, 0.29) is 6.03 Å². The van der Waals surface area contributed by atoms with Crippen LogP contribution in [0.25, 0.3) is 10.4 Å². The Kier molecular flexibility index (Phi) is 4.73. The molecule has 0 bridgehead atoms. The maximum atomic E-state index is 12.0. The SMILES string of the molecule is Cc1ccsc1-c1cccc(NC(=O)NCCn2ccnc2)c1. The predicted molar refractivity (Wildman–Crippen MR) is 93.7 cm³/mol. The van der Waals surface area contributed by atoms with E-state index in [9.17, 15) is 4.79 Å². The summed E-state index contributed by atoms with van der Waals surface area (Å²) in [6.45, 7) is 3.34. The van der Waals surface area contributed by atoms with Gasteiger partial charge in [0, 0.05) is 36.0 Å². The van der Waals surface area contributed by atoms with Crippen LogP contribution in [0.1, 0.15) is 5.56 Å². The van der Waals surface area contributed by atoms with E-state index >= 15 is 0 Å².